The topological polar surface area (TPSA) is 52.6 Å². The van der Waals surface area contributed by atoms with Crippen molar-refractivity contribution in [3.8, 4) is 5.75 Å². The molecule has 6 heteroatoms. The molecule has 90 valence electrons. The molecule has 0 fully saturated rings. The lowest BCUT2D eigenvalue weighted by molar-refractivity contribution is 0.0501. The van der Waals surface area contributed by atoms with Gasteiger partial charge in [0.1, 0.15) is 5.75 Å². The molecule has 1 aromatic rings. The lowest BCUT2D eigenvalue weighted by Gasteiger charge is -2.12. The highest BCUT2D eigenvalue weighted by Gasteiger charge is 2.14. The molecule has 4 nitrogen and oxygen atoms in total. The number of hydrogen-bond acceptors (Lipinski definition) is 4. The van der Waals surface area contributed by atoms with Gasteiger partial charge in [-0.15, -0.1) is 0 Å². The molecule has 0 bridgehead atoms. The van der Waals surface area contributed by atoms with Crippen molar-refractivity contribution in [1.29, 1.82) is 0 Å². The first kappa shape index (κ1) is 13.3. The van der Waals surface area contributed by atoms with Gasteiger partial charge in [-0.05, 0) is 37.1 Å². The third-order valence-corrected chi connectivity index (χ3v) is 3.37. The van der Waals surface area contributed by atoms with Crippen molar-refractivity contribution in [2.75, 3.05) is 13.9 Å². The van der Waals surface area contributed by atoms with E-state index in [0.29, 0.717) is 16.9 Å². The van der Waals surface area contributed by atoms with Gasteiger partial charge in [-0.3, -0.25) is 0 Å². The van der Waals surface area contributed by atoms with E-state index in [1.807, 2.05) is 0 Å². The molecule has 16 heavy (non-hydrogen) atoms. The van der Waals surface area contributed by atoms with E-state index in [4.69, 9.17) is 20.2 Å². The summed E-state index contributed by atoms with van der Waals surface area (Å²) < 4.78 is 32.4. The summed E-state index contributed by atoms with van der Waals surface area (Å²) in [6.45, 7) is 3.63. The lowest BCUT2D eigenvalue weighted by Crippen LogP contribution is -2.03. The van der Waals surface area contributed by atoms with Gasteiger partial charge in [0.15, 0.2) is 6.79 Å². The van der Waals surface area contributed by atoms with E-state index < -0.39 is 9.05 Å². The first-order valence-corrected chi connectivity index (χ1v) is 6.85. The van der Waals surface area contributed by atoms with Gasteiger partial charge in [0.25, 0.3) is 9.05 Å². The summed E-state index contributed by atoms with van der Waals surface area (Å²) in [4.78, 5) is 0.0777. The van der Waals surface area contributed by atoms with E-state index in [1.54, 1.807) is 13.8 Å². The monoisotopic (exact) mass is 264 g/mol. The van der Waals surface area contributed by atoms with Gasteiger partial charge in [-0.2, -0.15) is 0 Å². The number of ether oxygens (including phenoxy) is 2. The fourth-order valence-electron chi connectivity index (χ4n) is 1.40. The van der Waals surface area contributed by atoms with Gasteiger partial charge < -0.3 is 9.47 Å². The Morgan fingerprint density at radius 2 is 1.75 bits per heavy atom. The second kappa shape index (κ2) is 5.03. The van der Waals surface area contributed by atoms with Crippen LogP contribution in [0.1, 0.15) is 11.1 Å². The third kappa shape index (κ3) is 3.10. The van der Waals surface area contributed by atoms with E-state index in [0.717, 1.165) is 0 Å². The number of aryl methyl sites for hydroxylation is 2. The van der Waals surface area contributed by atoms with E-state index in [-0.39, 0.29) is 11.7 Å². The van der Waals surface area contributed by atoms with E-state index >= 15 is 0 Å². The zero-order valence-electron chi connectivity index (χ0n) is 9.28. The van der Waals surface area contributed by atoms with Crippen LogP contribution in [0.15, 0.2) is 17.0 Å². The highest BCUT2D eigenvalue weighted by molar-refractivity contribution is 8.13. The Labute approximate surface area is 99.6 Å². The van der Waals surface area contributed by atoms with Crippen molar-refractivity contribution < 1.29 is 17.9 Å². The van der Waals surface area contributed by atoms with Crippen molar-refractivity contribution in [3.05, 3.63) is 23.3 Å². The molecule has 0 heterocycles. The molecule has 0 radical (unpaired) electrons. The average molecular weight is 265 g/mol. The molecule has 1 rings (SSSR count). The van der Waals surface area contributed by atoms with E-state index in [1.165, 1.54) is 19.2 Å². The molecular formula is C10H13ClO4S. The predicted octanol–water partition coefficient (Wildman–Crippen LogP) is 2.21. The number of rotatable bonds is 4. The van der Waals surface area contributed by atoms with Crippen LogP contribution in [-0.4, -0.2) is 22.3 Å². The van der Waals surface area contributed by atoms with Gasteiger partial charge in [0.05, 0.1) is 4.90 Å². The fraction of sp³-hybridized carbons (Fsp3) is 0.400. The predicted molar refractivity (Wildman–Crippen MR) is 61.5 cm³/mol. The van der Waals surface area contributed by atoms with Crippen LogP contribution >= 0.6 is 10.7 Å². The normalized spacial score (nSPS) is 11.5. The second-order valence-electron chi connectivity index (χ2n) is 3.37. The minimum Gasteiger partial charge on any atom is -0.467 e. The quantitative estimate of drug-likeness (QED) is 0.618. The number of methoxy groups -OCH3 is 1. The second-order valence-corrected chi connectivity index (χ2v) is 5.94. The zero-order valence-corrected chi connectivity index (χ0v) is 10.9. The summed E-state index contributed by atoms with van der Waals surface area (Å²) in [6, 6.07) is 2.95. The maximum Gasteiger partial charge on any atom is 0.261 e. The summed E-state index contributed by atoms with van der Waals surface area (Å²) in [5.74, 6) is 0.617. The lowest BCUT2D eigenvalue weighted by atomic mass is 10.1. The van der Waals surface area contributed by atoms with Crippen LogP contribution in [0.25, 0.3) is 0 Å². The average Bonchev–Trinajstić information content (AvgIpc) is 2.15. The standard InChI is InChI=1S/C10H13ClO4S/c1-7-4-9(16(11,12)13)5-8(2)10(7)15-6-14-3/h4-5H,6H2,1-3H3. The Morgan fingerprint density at radius 1 is 1.25 bits per heavy atom. The molecule has 0 aliphatic rings. The first-order chi connectivity index (χ1) is 7.36. The highest BCUT2D eigenvalue weighted by Crippen LogP contribution is 2.28. The van der Waals surface area contributed by atoms with E-state index in [9.17, 15) is 8.42 Å². The van der Waals surface area contributed by atoms with Crippen molar-refractivity contribution in [2.24, 2.45) is 0 Å². The smallest absolute Gasteiger partial charge is 0.261 e. The van der Waals surface area contributed by atoms with Crippen LogP contribution in [0.2, 0.25) is 0 Å². The molecule has 0 saturated heterocycles. The Hall–Kier alpha value is -0.780. The van der Waals surface area contributed by atoms with E-state index in [2.05, 4.69) is 0 Å². The molecule has 0 aromatic heterocycles. The molecule has 0 saturated carbocycles. The summed E-state index contributed by atoms with van der Waals surface area (Å²) >= 11 is 0. The van der Waals surface area contributed by atoms with Gasteiger partial charge in [-0.25, -0.2) is 8.42 Å². The van der Waals surface area contributed by atoms with Gasteiger partial charge >= 0.3 is 0 Å². The number of hydrogen-bond donors (Lipinski definition) is 0. The van der Waals surface area contributed by atoms with Crippen molar-refractivity contribution >= 4 is 19.7 Å². The molecule has 1 aromatic carbocycles. The van der Waals surface area contributed by atoms with Gasteiger partial charge in [0.2, 0.25) is 0 Å². The first-order valence-electron chi connectivity index (χ1n) is 4.54. The largest absolute Gasteiger partial charge is 0.467 e. The molecule has 0 amide bonds. The minimum absolute atomic E-state index is 0.0777. The zero-order chi connectivity index (χ0) is 12.3. The van der Waals surface area contributed by atoms with Crippen LogP contribution in [0.4, 0.5) is 0 Å². The number of benzene rings is 1. The van der Waals surface area contributed by atoms with Gasteiger partial charge in [-0.1, -0.05) is 0 Å². The molecule has 0 aliphatic carbocycles. The van der Waals surface area contributed by atoms with Crippen LogP contribution in [0.5, 0.6) is 5.75 Å². The molecule has 0 spiro atoms. The molecule has 0 N–H and O–H groups in total. The summed E-state index contributed by atoms with van der Waals surface area (Å²) in [5, 5.41) is 0. The van der Waals surface area contributed by atoms with Crippen LogP contribution < -0.4 is 4.74 Å². The summed E-state index contributed by atoms with van der Waals surface area (Å²) in [6.07, 6.45) is 0. The van der Waals surface area contributed by atoms with Gasteiger partial charge in [0, 0.05) is 17.8 Å². The molecule has 0 unspecified atom stereocenters. The van der Waals surface area contributed by atoms with Crippen molar-refractivity contribution in [1.82, 2.24) is 0 Å². The van der Waals surface area contributed by atoms with Crippen LogP contribution in [-0.2, 0) is 13.8 Å². The highest BCUT2D eigenvalue weighted by atomic mass is 35.7. The Balaban J connectivity index is 3.18. The summed E-state index contributed by atoms with van der Waals surface area (Å²) in [7, 11) is 3.08. The minimum atomic E-state index is -3.70. The van der Waals surface area contributed by atoms with Crippen LogP contribution in [0.3, 0.4) is 0 Å². The van der Waals surface area contributed by atoms with Crippen molar-refractivity contribution in [2.45, 2.75) is 18.7 Å². The third-order valence-electron chi connectivity index (χ3n) is 2.04. The van der Waals surface area contributed by atoms with Crippen molar-refractivity contribution in [3.63, 3.8) is 0 Å². The molecule has 0 atom stereocenters. The van der Waals surface area contributed by atoms with Crippen LogP contribution in [0, 0.1) is 13.8 Å². The Kier molecular flexibility index (Phi) is 4.18. The molecule has 0 aliphatic heterocycles. The SMILES string of the molecule is COCOc1c(C)cc(S(=O)(=O)Cl)cc1C. The maximum absolute atomic E-state index is 11.2. The number of halogens is 1. The summed E-state index contributed by atoms with van der Waals surface area (Å²) in [5.41, 5.74) is 1.41. The maximum atomic E-state index is 11.2. The molecular weight excluding hydrogens is 252 g/mol. The Morgan fingerprint density at radius 3 is 2.12 bits per heavy atom. The Bertz CT molecular complexity index is 459. The fourth-order valence-corrected chi connectivity index (χ4v) is 2.30.